The van der Waals surface area contributed by atoms with E-state index in [1.807, 2.05) is 73.8 Å². The molecule has 0 aliphatic carbocycles. The molecule has 1 fully saturated rings. The Morgan fingerprint density at radius 3 is 2.33 bits per heavy atom. The monoisotopic (exact) mass is 661 g/mol. The fourth-order valence-corrected chi connectivity index (χ4v) is 7.51. The lowest BCUT2D eigenvalue weighted by Crippen LogP contribution is -2.94. The smallest absolute Gasteiger partial charge is 0.249 e. The van der Waals surface area contributed by atoms with Gasteiger partial charge in [0.15, 0.2) is 0 Å². The third kappa shape index (κ3) is 8.46. The maximum atomic E-state index is 14.4. The number of rotatable bonds is 13. The summed E-state index contributed by atoms with van der Waals surface area (Å²) in [6, 6.07) is 18.7. The van der Waals surface area contributed by atoms with Crippen molar-refractivity contribution in [2.45, 2.75) is 95.6 Å². The van der Waals surface area contributed by atoms with E-state index in [2.05, 4.69) is 10.6 Å². The van der Waals surface area contributed by atoms with Gasteiger partial charge in [-0.1, -0.05) is 68.4 Å². The van der Waals surface area contributed by atoms with Crippen LogP contribution in [0.3, 0.4) is 0 Å². The van der Waals surface area contributed by atoms with Crippen LogP contribution in [0.1, 0.15) is 62.3 Å². The first-order chi connectivity index (χ1) is 22.9. The van der Waals surface area contributed by atoms with Gasteiger partial charge >= 0.3 is 0 Å². The first kappa shape index (κ1) is 35.2. The van der Waals surface area contributed by atoms with Crippen LogP contribution in [0, 0.1) is 17.6 Å². The molecule has 3 aromatic rings. The summed E-state index contributed by atoms with van der Waals surface area (Å²) in [6.45, 7) is 6.28. The minimum atomic E-state index is -1.12. The number of aliphatic hydroxyl groups excluding tert-OH is 1. The van der Waals surface area contributed by atoms with Crippen LogP contribution < -0.4 is 16.0 Å². The van der Waals surface area contributed by atoms with E-state index in [0.29, 0.717) is 44.2 Å². The van der Waals surface area contributed by atoms with Crippen molar-refractivity contribution in [1.82, 2.24) is 15.5 Å². The predicted molar refractivity (Wildman–Crippen MR) is 178 cm³/mol. The minimum absolute atomic E-state index is 0.0178. The number of quaternary nitrogens is 1. The maximum Gasteiger partial charge on any atom is 0.249 e. The van der Waals surface area contributed by atoms with E-state index in [1.165, 1.54) is 24.6 Å². The van der Waals surface area contributed by atoms with Crippen LogP contribution in [0.4, 0.5) is 8.78 Å². The average Bonchev–Trinajstić information content (AvgIpc) is 3.33. The number of likely N-dealkylation sites (tertiary alicyclic amines) is 1. The number of hydrogen-bond donors (Lipinski definition) is 4. The molecule has 3 amide bonds. The molecular formula is C38H47F2N4O4+. The highest BCUT2D eigenvalue weighted by Gasteiger charge is 2.51. The van der Waals surface area contributed by atoms with Gasteiger partial charge in [-0.05, 0) is 66.8 Å². The largest absolute Gasteiger partial charge is 0.385 e. The number of carbonyl (C=O) groups excluding carboxylic acids is 3. The molecule has 0 aromatic heterocycles. The van der Waals surface area contributed by atoms with Crippen molar-refractivity contribution in [1.29, 1.82) is 0 Å². The van der Waals surface area contributed by atoms with Crippen LogP contribution in [0.2, 0.25) is 0 Å². The Morgan fingerprint density at radius 2 is 1.67 bits per heavy atom. The zero-order valence-electron chi connectivity index (χ0n) is 27.9. The van der Waals surface area contributed by atoms with Gasteiger partial charge in [0.1, 0.15) is 41.9 Å². The molecule has 48 heavy (non-hydrogen) atoms. The number of nitrogens with one attached hydrogen (secondary N) is 2. The van der Waals surface area contributed by atoms with Crippen molar-refractivity contribution in [3.8, 4) is 0 Å². The molecule has 1 saturated heterocycles. The Bertz CT molecular complexity index is 1580. The Hall–Kier alpha value is -4.15. The van der Waals surface area contributed by atoms with Crippen LogP contribution in [0.15, 0.2) is 72.8 Å². The molecule has 5 rings (SSSR count). The Balaban J connectivity index is 1.44. The van der Waals surface area contributed by atoms with Gasteiger partial charge < -0.3 is 26.0 Å². The highest BCUT2D eigenvalue weighted by molar-refractivity contribution is 5.96. The van der Waals surface area contributed by atoms with Gasteiger partial charge in [-0.25, -0.2) is 8.78 Å². The number of carbonyl (C=O) groups is 3. The van der Waals surface area contributed by atoms with Crippen LogP contribution in [0.25, 0.3) is 0 Å². The van der Waals surface area contributed by atoms with Gasteiger partial charge in [-0.15, -0.1) is 0 Å². The van der Waals surface area contributed by atoms with Crippen LogP contribution >= 0.6 is 0 Å². The number of benzene rings is 3. The zero-order chi connectivity index (χ0) is 34.4. The van der Waals surface area contributed by atoms with E-state index in [1.54, 1.807) is 4.90 Å². The van der Waals surface area contributed by atoms with E-state index in [4.69, 9.17) is 0 Å². The summed E-state index contributed by atoms with van der Waals surface area (Å²) in [5, 5.41) is 19.8. The summed E-state index contributed by atoms with van der Waals surface area (Å²) in [5.41, 5.74) is 2.46. The summed E-state index contributed by atoms with van der Waals surface area (Å²) in [7, 11) is 0. The van der Waals surface area contributed by atoms with E-state index >= 15 is 0 Å². The molecule has 8 nitrogen and oxygen atoms in total. The van der Waals surface area contributed by atoms with Gasteiger partial charge in [0.05, 0.1) is 6.04 Å². The quantitative estimate of drug-likeness (QED) is 0.225. The third-order valence-electron chi connectivity index (χ3n) is 9.62. The van der Waals surface area contributed by atoms with Gasteiger partial charge in [0, 0.05) is 31.5 Å². The van der Waals surface area contributed by atoms with Crippen LogP contribution in [-0.2, 0) is 40.2 Å². The lowest BCUT2D eigenvalue weighted by Gasteiger charge is -2.35. The molecule has 0 unspecified atom stereocenters. The maximum absolute atomic E-state index is 14.4. The Morgan fingerprint density at radius 1 is 1.00 bits per heavy atom. The molecule has 3 aromatic carbocycles. The van der Waals surface area contributed by atoms with Gasteiger partial charge in [-0.3, -0.25) is 14.4 Å². The van der Waals surface area contributed by atoms with Crippen molar-refractivity contribution in [3.63, 3.8) is 0 Å². The first-order valence-electron chi connectivity index (χ1n) is 16.9. The molecule has 0 spiro atoms. The second kappa shape index (κ2) is 15.4. The second-order valence-electron chi connectivity index (χ2n) is 13.8. The number of nitrogens with zero attached hydrogens (tertiary/aromatic N) is 1. The fraction of sp³-hybridized carbons (Fsp3) is 0.447. The molecule has 2 aliphatic rings. The Kier molecular flexibility index (Phi) is 11.3. The summed E-state index contributed by atoms with van der Waals surface area (Å²) < 4.78 is 28.6. The lowest BCUT2D eigenvalue weighted by molar-refractivity contribution is -0.715. The summed E-state index contributed by atoms with van der Waals surface area (Å²) in [5.74, 6) is -2.45. The summed E-state index contributed by atoms with van der Waals surface area (Å²) in [4.78, 5) is 42.4. The van der Waals surface area contributed by atoms with Crippen molar-refractivity contribution < 1.29 is 33.6 Å². The SMILES string of the molecule is CC(=O)N[C@]1(CC(C)C)CCN([C@@H](CCc2ccccc2)C(=O)N[C@@H](Cc2cc(F)cc(F)c2)[C@H](O)[C@H]2Cc3ccccc3C[NH2+]2)C1=O. The molecule has 5 atom stereocenters. The van der Waals surface area contributed by atoms with E-state index in [9.17, 15) is 28.3 Å². The van der Waals surface area contributed by atoms with Gasteiger partial charge in [0.25, 0.3) is 0 Å². The molecule has 0 radical (unpaired) electrons. The van der Waals surface area contributed by atoms with E-state index in [-0.39, 0.29) is 36.7 Å². The lowest BCUT2D eigenvalue weighted by atomic mass is 9.87. The minimum Gasteiger partial charge on any atom is -0.385 e. The molecule has 0 bridgehead atoms. The van der Waals surface area contributed by atoms with Gasteiger partial charge in [-0.2, -0.15) is 0 Å². The number of aliphatic hydroxyl groups is 1. The molecule has 0 saturated carbocycles. The normalized spacial score (nSPS) is 21.0. The number of aryl methyl sites for hydroxylation is 1. The molecule has 256 valence electrons. The number of hydrogen-bond acceptors (Lipinski definition) is 4. The zero-order valence-corrected chi connectivity index (χ0v) is 27.9. The average molecular weight is 662 g/mol. The molecule has 5 N–H and O–H groups in total. The number of nitrogens with two attached hydrogens (primary N) is 1. The van der Waals surface area contributed by atoms with Crippen LogP contribution in [-0.4, -0.2) is 64.0 Å². The van der Waals surface area contributed by atoms with Crippen molar-refractivity contribution in [2.75, 3.05) is 6.54 Å². The first-order valence-corrected chi connectivity index (χ1v) is 16.9. The topological polar surface area (TPSA) is 115 Å². The van der Waals surface area contributed by atoms with Crippen molar-refractivity contribution in [2.24, 2.45) is 5.92 Å². The highest BCUT2D eigenvalue weighted by atomic mass is 19.1. The van der Waals surface area contributed by atoms with Gasteiger partial charge in [0.2, 0.25) is 17.7 Å². The second-order valence-corrected chi connectivity index (χ2v) is 13.8. The van der Waals surface area contributed by atoms with Crippen molar-refractivity contribution in [3.05, 3.63) is 107 Å². The molecule has 2 aliphatic heterocycles. The molecule has 10 heteroatoms. The third-order valence-corrected chi connectivity index (χ3v) is 9.62. The highest BCUT2D eigenvalue weighted by Crippen LogP contribution is 2.32. The van der Waals surface area contributed by atoms with E-state index < -0.39 is 41.3 Å². The Labute approximate surface area is 281 Å². The molecular weight excluding hydrogens is 614 g/mol. The number of fused-ring (bicyclic) bond motifs is 1. The predicted octanol–water partition coefficient (Wildman–Crippen LogP) is 3.20. The fourth-order valence-electron chi connectivity index (χ4n) is 7.51. The van der Waals surface area contributed by atoms with Crippen molar-refractivity contribution >= 4 is 17.7 Å². The van der Waals surface area contributed by atoms with E-state index in [0.717, 1.165) is 17.2 Å². The van der Waals surface area contributed by atoms with Crippen LogP contribution in [0.5, 0.6) is 0 Å². The summed E-state index contributed by atoms with van der Waals surface area (Å²) >= 11 is 0. The number of halogens is 2. The summed E-state index contributed by atoms with van der Waals surface area (Å²) in [6.07, 6.45) is 1.07. The molecule has 2 heterocycles. The number of amides is 3. The standard InChI is InChI=1S/C38H46F2N4O4/c1-24(2)22-38(43-25(3)45)15-16-44(37(38)48)34(14-13-26-9-5-4-6-10-26)36(47)42-33(19-27-17-30(39)21-31(40)18-27)35(46)32-20-28-11-7-8-12-29(28)23-41-32/h4-12,17-18,21,24,32-35,41,46H,13-16,19-20,22-23H2,1-3H3,(H,42,47)(H,43,45)/p+1/t32-,33+,34+,35-,38+/m1/s1.